The van der Waals surface area contributed by atoms with E-state index in [9.17, 15) is 27.6 Å². The number of carbonyl (C=O) groups is 3. The van der Waals surface area contributed by atoms with Crippen LogP contribution >= 0.6 is 0 Å². The summed E-state index contributed by atoms with van der Waals surface area (Å²) in [5.41, 5.74) is -0.836. The van der Waals surface area contributed by atoms with Crippen LogP contribution in [0, 0.1) is 5.92 Å². The average Bonchev–Trinajstić information content (AvgIpc) is 3.44. The number of urea groups is 1. The van der Waals surface area contributed by atoms with Gasteiger partial charge in [0, 0.05) is 6.04 Å². The first kappa shape index (κ1) is 20.2. The highest BCUT2D eigenvalue weighted by molar-refractivity contribution is 6.09. The second kappa shape index (κ2) is 7.10. The summed E-state index contributed by atoms with van der Waals surface area (Å²) in [7, 11) is 0. The largest absolute Gasteiger partial charge is 0.406 e. The second-order valence-corrected chi connectivity index (χ2v) is 7.53. The summed E-state index contributed by atoms with van der Waals surface area (Å²) < 4.78 is 38.9. The van der Waals surface area contributed by atoms with Crippen molar-refractivity contribution >= 4 is 17.8 Å². The molecular formula is C19H22F3N3O3. The molecule has 1 saturated carbocycles. The Morgan fingerprint density at radius 2 is 1.89 bits per heavy atom. The minimum absolute atomic E-state index is 0.0176. The molecule has 0 spiro atoms. The number of carbonyl (C=O) groups excluding carboxylic acids is 3. The van der Waals surface area contributed by atoms with E-state index in [1.165, 1.54) is 6.92 Å². The lowest BCUT2D eigenvalue weighted by Gasteiger charge is -2.31. The zero-order valence-electron chi connectivity index (χ0n) is 15.6. The molecule has 6 nitrogen and oxygen atoms in total. The Kier molecular flexibility index (Phi) is 5.12. The fourth-order valence-corrected chi connectivity index (χ4v) is 3.52. The minimum Gasteiger partial charge on any atom is -0.329 e. The lowest BCUT2D eigenvalue weighted by atomic mass is 9.92. The highest BCUT2D eigenvalue weighted by Gasteiger charge is 2.50. The Bertz CT molecular complexity index is 780. The minimum atomic E-state index is -4.56. The molecule has 28 heavy (non-hydrogen) atoms. The number of nitrogens with zero attached hydrogens (tertiary/aromatic N) is 2. The Labute approximate surface area is 160 Å². The van der Waals surface area contributed by atoms with Crippen LogP contribution in [0.3, 0.4) is 0 Å². The predicted octanol–water partition coefficient (Wildman–Crippen LogP) is 2.64. The van der Waals surface area contributed by atoms with Gasteiger partial charge in [-0.3, -0.25) is 14.5 Å². The quantitative estimate of drug-likeness (QED) is 0.751. The summed E-state index contributed by atoms with van der Waals surface area (Å²) in [5, 5.41) is 2.55. The van der Waals surface area contributed by atoms with E-state index in [1.54, 1.807) is 37.3 Å². The summed E-state index contributed by atoms with van der Waals surface area (Å²) >= 11 is 0. The maximum absolute atomic E-state index is 13.0. The van der Waals surface area contributed by atoms with Crippen LogP contribution in [0.1, 0.15) is 32.3 Å². The van der Waals surface area contributed by atoms with Gasteiger partial charge in [-0.2, -0.15) is 13.2 Å². The summed E-state index contributed by atoms with van der Waals surface area (Å²) in [6, 6.07) is 7.09. The molecule has 2 fully saturated rings. The first-order valence-corrected chi connectivity index (χ1v) is 9.09. The van der Waals surface area contributed by atoms with E-state index in [-0.39, 0.29) is 5.92 Å². The van der Waals surface area contributed by atoms with Crippen molar-refractivity contribution in [3.63, 3.8) is 0 Å². The van der Waals surface area contributed by atoms with Gasteiger partial charge in [-0.1, -0.05) is 30.3 Å². The molecule has 0 radical (unpaired) electrons. The van der Waals surface area contributed by atoms with Crippen molar-refractivity contribution in [1.82, 2.24) is 15.1 Å². The fraction of sp³-hybridized carbons (Fsp3) is 0.526. The maximum atomic E-state index is 13.0. The molecule has 2 aliphatic rings. The number of hydrogen-bond acceptors (Lipinski definition) is 3. The van der Waals surface area contributed by atoms with Crippen molar-refractivity contribution in [2.75, 3.05) is 13.1 Å². The first-order valence-electron chi connectivity index (χ1n) is 9.09. The van der Waals surface area contributed by atoms with Gasteiger partial charge in [0.05, 0.1) is 0 Å². The van der Waals surface area contributed by atoms with E-state index in [0.29, 0.717) is 10.5 Å². The molecule has 0 aromatic heterocycles. The van der Waals surface area contributed by atoms with Gasteiger partial charge >= 0.3 is 12.2 Å². The molecular weight excluding hydrogens is 375 g/mol. The van der Waals surface area contributed by atoms with E-state index >= 15 is 0 Å². The molecule has 1 heterocycles. The fourth-order valence-electron chi connectivity index (χ4n) is 3.52. The first-order chi connectivity index (χ1) is 13.0. The van der Waals surface area contributed by atoms with E-state index in [4.69, 9.17) is 0 Å². The average molecular weight is 397 g/mol. The van der Waals surface area contributed by atoms with Gasteiger partial charge in [0.2, 0.25) is 5.91 Å². The summed E-state index contributed by atoms with van der Waals surface area (Å²) in [6.45, 7) is 0.956. The third kappa shape index (κ3) is 3.98. The number of halogens is 3. The van der Waals surface area contributed by atoms with Crippen molar-refractivity contribution in [1.29, 1.82) is 0 Å². The molecule has 9 heteroatoms. The third-order valence-corrected chi connectivity index (χ3v) is 5.39. The van der Waals surface area contributed by atoms with Crippen LogP contribution in [0.15, 0.2) is 30.3 Å². The third-order valence-electron chi connectivity index (χ3n) is 5.39. The van der Waals surface area contributed by atoms with E-state index in [1.807, 2.05) is 0 Å². The number of benzene rings is 1. The Balaban J connectivity index is 1.78. The lowest BCUT2D eigenvalue weighted by molar-refractivity contribution is -0.166. The van der Waals surface area contributed by atoms with Gasteiger partial charge in [-0.15, -0.1) is 0 Å². The van der Waals surface area contributed by atoms with Crippen molar-refractivity contribution < 1.29 is 27.6 Å². The summed E-state index contributed by atoms with van der Waals surface area (Å²) in [5.74, 6) is -1.54. The topological polar surface area (TPSA) is 69.7 Å². The van der Waals surface area contributed by atoms with Crippen LogP contribution in [0.25, 0.3) is 0 Å². The van der Waals surface area contributed by atoms with Crippen molar-refractivity contribution in [2.24, 2.45) is 5.92 Å². The SMILES string of the molecule is CC(C1CC1)N(CC(F)(F)F)C(=O)CN1C(=O)NC(C)(c2ccccc2)C1=O. The number of rotatable bonds is 6. The molecule has 1 aromatic carbocycles. The number of imide groups is 1. The van der Waals surface area contributed by atoms with Crippen molar-refractivity contribution in [2.45, 2.75) is 44.4 Å². The standard InChI is InChI=1S/C19H22F3N3O3/c1-12(13-8-9-13)25(11-19(20,21)22)15(26)10-24-16(27)18(2,23-17(24)28)14-6-4-3-5-7-14/h3-7,12-13H,8-11H2,1-2H3,(H,23,28). The molecule has 152 valence electrons. The van der Waals surface area contributed by atoms with Gasteiger partial charge < -0.3 is 10.2 Å². The number of hydrogen-bond donors (Lipinski definition) is 1. The van der Waals surface area contributed by atoms with E-state index < -0.39 is 48.7 Å². The molecule has 1 aliphatic heterocycles. The van der Waals surface area contributed by atoms with Crippen molar-refractivity contribution in [3.8, 4) is 0 Å². The van der Waals surface area contributed by atoms with Crippen LogP contribution in [-0.4, -0.2) is 53.0 Å². The monoisotopic (exact) mass is 397 g/mol. The maximum Gasteiger partial charge on any atom is 0.406 e. The smallest absolute Gasteiger partial charge is 0.329 e. The summed E-state index contributed by atoms with van der Waals surface area (Å²) in [6.07, 6.45) is -3.04. The Morgan fingerprint density at radius 3 is 2.43 bits per heavy atom. The number of amides is 4. The van der Waals surface area contributed by atoms with Crippen LogP contribution < -0.4 is 5.32 Å². The molecule has 1 aromatic rings. The predicted molar refractivity (Wildman–Crippen MR) is 94.0 cm³/mol. The number of alkyl halides is 3. The molecule has 3 rings (SSSR count). The molecule has 4 amide bonds. The van der Waals surface area contributed by atoms with E-state index in [2.05, 4.69) is 5.32 Å². The number of nitrogens with one attached hydrogen (secondary N) is 1. The lowest BCUT2D eigenvalue weighted by Crippen LogP contribution is -2.50. The van der Waals surface area contributed by atoms with Gasteiger partial charge in [0.1, 0.15) is 18.6 Å². The van der Waals surface area contributed by atoms with Gasteiger partial charge in [-0.05, 0) is 38.2 Å². The van der Waals surface area contributed by atoms with Crippen LogP contribution in [-0.2, 0) is 15.1 Å². The molecule has 1 aliphatic carbocycles. The van der Waals surface area contributed by atoms with Crippen LogP contribution in [0.5, 0.6) is 0 Å². The zero-order chi connectivity index (χ0) is 20.7. The van der Waals surface area contributed by atoms with Crippen LogP contribution in [0.4, 0.5) is 18.0 Å². The van der Waals surface area contributed by atoms with Gasteiger partial charge in [0.15, 0.2) is 0 Å². The molecule has 2 unspecified atom stereocenters. The van der Waals surface area contributed by atoms with Gasteiger partial charge in [0.25, 0.3) is 5.91 Å². The van der Waals surface area contributed by atoms with E-state index in [0.717, 1.165) is 17.7 Å². The Hall–Kier alpha value is -2.58. The molecule has 0 bridgehead atoms. The normalized spacial score (nSPS) is 23.5. The highest BCUT2D eigenvalue weighted by atomic mass is 19.4. The molecule has 1 N–H and O–H groups in total. The second-order valence-electron chi connectivity index (χ2n) is 7.53. The highest BCUT2D eigenvalue weighted by Crippen LogP contribution is 2.36. The van der Waals surface area contributed by atoms with Crippen molar-refractivity contribution in [3.05, 3.63) is 35.9 Å². The Morgan fingerprint density at radius 1 is 1.29 bits per heavy atom. The summed E-state index contributed by atoms with van der Waals surface area (Å²) in [4.78, 5) is 39.2. The molecule has 2 atom stereocenters. The molecule has 1 saturated heterocycles. The van der Waals surface area contributed by atoms with Gasteiger partial charge in [-0.25, -0.2) is 4.79 Å². The van der Waals surface area contributed by atoms with Crippen LogP contribution in [0.2, 0.25) is 0 Å². The zero-order valence-corrected chi connectivity index (χ0v) is 15.6.